The van der Waals surface area contributed by atoms with Crippen LogP contribution in [0.3, 0.4) is 0 Å². The molecule has 1 fully saturated rings. The van der Waals surface area contributed by atoms with Gasteiger partial charge in [-0.3, -0.25) is 0 Å². The van der Waals surface area contributed by atoms with Crippen molar-refractivity contribution in [1.29, 1.82) is 0 Å². The van der Waals surface area contributed by atoms with Gasteiger partial charge < -0.3 is 5.32 Å². The van der Waals surface area contributed by atoms with E-state index in [4.69, 9.17) is 11.6 Å². The van der Waals surface area contributed by atoms with E-state index >= 15 is 0 Å². The van der Waals surface area contributed by atoms with Crippen LogP contribution in [0.25, 0.3) is 0 Å². The van der Waals surface area contributed by atoms with E-state index in [0.717, 1.165) is 16.6 Å². The molecule has 0 aromatic heterocycles. The molecule has 4 heteroatoms. The third kappa shape index (κ3) is 2.71. The molecule has 0 bridgehead atoms. The highest BCUT2D eigenvalue weighted by Gasteiger charge is 2.34. The minimum atomic E-state index is -1.13. The van der Waals surface area contributed by atoms with Gasteiger partial charge in [0.15, 0.2) is 0 Å². The van der Waals surface area contributed by atoms with E-state index < -0.39 is 5.67 Å². The van der Waals surface area contributed by atoms with Crippen LogP contribution in [-0.4, -0.2) is 18.8 Å². The number of hydrogen-bond donors (Lipinski definition) is 1. The SMILES string of the molecule is FC1(Cc2ccc(Br)cc2Cl)CCNC1. The molecule has 0 radical (unpaired) electrons. The lowest BCUT2D eigenvalue weighted by Crippen LogP contribution is -2.28. The Kier molecular flexibility index (Phi) is 3.33. The Hall–Kier alpha value is -0.120. The molecule has 1 aromatic rings. The van der Waals surface area contributed by atoms with Gasteiger partial charge in [-0.05, 0) is 30.7 Å². The fourth-order valence-corrected chi connectivity index (χ4v) is 2.61. The van der Waals surface area contributed by atoms with Gasteiger partial charge in [-0.2, -0.15) is 0 Å². The summed E-state index contributed by atoms with van der Waals surface area (Å²) in [4.78, 5) is 0. The number of nitrogens with one attached hydrogen (secondary N) is 1. The Bertz CT molecular complexity index is 364. The monoisotopic (exact) mass is 291 g/mol. The van der Waals surface area contributed by atoms with E-state index in [1.165, 1.54) is 0 Å². The first-order valence-electron chi connectivity index (χ1n) is 4.93. The molecule has 1 saturated heterocycles. The molecule has 0 amide bonds. The summed E-state index contributed by atoms with van der Waals surface area (Å²) in [6.07, 6.45) is 0.964. The first kappa shape index (κ1) is 11.4. The van der Waals surface area contributed by atoms with Crippen molar-refractivity contribution in [3.63, 3.8) is 0 Å². The van der Waals surface area contributed by atoms with Crippen LogP contribution in [-0.2, 0) is 6.42 Å². The van der Waals surface area contributed by atoms with Gasteiger partial charge in [-0.1, -0.05) is 33.6 Å². The first-order valence-corrected chi connectivity index (χ1v) is 6.10. The second-order valence-corrected chi connectivity index (χ2v) is 5.31. The van der Waals surface area contributed by atoms with Crippen molar-refractivity contribution in [1.82, 2.24) is 5.32 Å². The van der Waals surface area contributed by atoms with Gasteiger partial charge in [0.1, 0.15) is 5.67 Å². The number of benzene rings is 1. The van der Waals surface area contributed by atoms with Crippen LogP contribution in [0.5, 0.6) is 0 Å². The zero-order valence-corrected chi connectivity index (χ0v) is 10.5. The molecule has 1 atom stereocenters. The second kappa shape index (κ2) is 4.40. The van der Waals surface area contributed by atoms with Gasteiger partial charge >= 0.3 is 0 Å². The molecule has 0 aliphatic carbocycles. The largest absolute Gasteiger partial charge is 0.313 e. The standard InChI is InChI=1S/C11H12BrClFN/c12-9-2-1-8(10(13)5-9)6-11(14)3-4-15-7-11/h1-2,5,15H,3-4,6-7H2. The second-order valence-electron chi connectivity index (χ2n) is 3.99. The summed E-state index contributed by atoms with van der Waals surface area (Å²) in [5.41, 5.74) is -0.247. The van der Waals surface area contributed by atoms with Crippen LogP contribution in [0.1, 0.15) is 12.0 Å². The molecular weight excluding hydrogens is 280 g/mol. The summed E-state index contributed by atoms with van der Waals surface area (Å²) in [6, 6.07) is 5.58. The van der Waals surface area contributed by atoms with E-state index in [-0.39, 0.29) is 0 Å². The van der Waals surface area contributed by atoms with Crippen LogP contribution < -0.4 is 5.32 Å². The van der Waals surface area contributed by atoms with Gasteiger partial charge in [-0.15, -0.1) is 0 Å². The Morgan fingerprint density at radius 2 is 2.33 bits per heavy atom. The minimum absolute atomic E-state index is 0.395. The Labute approximate surface area is 102 Å². The fraction of sp³-hybridized carbons (Fsp3) is 0.455. The topological polar surface area (TPSA) is 12.0 Å². The molecule has 2 rings (SSSR count). The van der Waals surface area contributed by atoms with Crippen molar-refractivity contribution in [3.05, 3.63) is 33.3 Å². The van der Waals surface area contributed by atoms with Crippen molar-refractivity contribution < 1.29 is 4.39 Å². The summed E-state index contributed by atoms with van der Waals surface area (Å²) in [5.74, 6) is 0. The first-order chi connectivity index (χ1) is 7.09. The molecular formula is C11H12BrClFN. The van der Waals surface area contributed by atoms with Crippen LogP contribution in [0.2, 0.25) is 5.02 Å². The van der Waals surface area contributed by atoms with Gasteiger partial charge in [0.2, 0.25) is 0 Å². The Morgan fingerprint density at radius 3 is 2.93 bits per heavy atom. The highest BCUT2D eigenvalue weighted by atomic mass is 79.9. The van der Waals surface area contributed by atoms with E-state index in [2.05, 4.69) is 21.2 Å². The van der Waals surface area contributed by atoms with E-state index in [1.807, 2.05) is 18.2 Å². The summed E-state index contributed by atoms with van der Waals surface area (Å²) in [5, 5.41) is 3.67. The van der Waals surface area contributed by atoms with Crippen molar-refractivity contribution in [3.8, 4) is 0 Å². The zero-order chi connectivity index (χ0) is 10.9. The lowest BCUT2D eigenvalue weighted by Gasteiger charge is -2.18. The molecule has 1 aliphatic rings. The van der Waals surface area contributed by atoms with Gasteiger partial charge in [0.25, 0.3) is 0 Å². The molecule has 1 nitrogen and oxygen atoms in total. The van der Waals surface area contributed by atoms with Crippen molar-refractivity contribution in [2.45, 2.75) is 18.5 Å². The molecule has 1 N–H and O–H groups in total. The number of alkyl halides is 1. The third-order valence-corrected chi connectivity index (χ3v) is 3.56. The molecule has 1 unspecified atom stereocenters. The zero-order valence-electron chi connectivity index (χ0n) is 8.19. The summed E-state index contributed by atoms with van der Waals surface area (Å²) >= 11 is 9.38. The predicted octanol–water partition coefficient (Wildman–Crippen LogP) is 3.35. The number of rotatable bonds is 2. The fourth-order valence-electron chi connectivity index (χ4n) is 1.87. The van der Waals surface area contributed by atoms with E-state index in [0.29, 0.717) is 24.4 Å². The van der Waals surface area contributed by atoms with Crippen molar-refractivity contribution in [2.75, 3.05) is 13.1 Å². The molecule has 0 saturated carbocycles. The van der Waals surface area contributed by atoms with Crippen molar-refractivity contribution in [2.24, 2.45) is 0 Å². The van der Waals surface area contributed by atoms with E-state index in [1.54, 1.807) is 0 Å². The highest BCUT2D eigenvalue weighted by molar-refractivity contribution is 9.10. The van der Waals surface area contributed by atoms with Gasteiger partial charge in [0, 0.05) is 22.5 Å². The highest BCUT2D eigenvalue weighted by Crippen LogP contribution is 2.29. The quantitative estimate of drug-likeness (QED) is 0.881. The Balaban J connectivity index is 2.16. The average molecular weight is 293 g/mol. The lowest BCUT2D eigenvalue weighted by molar-refractivity contribution is 0.190. The van der Waals surface area contributed by atoms with E-state index in [9.17, 15) is 4.39 Å². The molecule has 0 spiro atoms. The maximum Gasteiger partial charge on any atom is 0.128 e. The normalized spacial score (nSPS) is 25.8. The molecule has 1 aromatic carbocycles. The average Bonchev–Trinajstić information content (AvgIpc) is 2.58. The minimum Gasteiger partial charge on any atom is -0.313 e. The maximum atomic E-state index is 14.1. The van der Waals surface area contributed by atoms with Gasteiger partial charge in [0.05, 0.1) is 0 Å². The number of hydrogen-bond acceptors (Lipinski definition) is 1. The predicted molar refractivity (Wildman–Crippen MR) is 64.2 cm³/mol. The molecule has 15 heavy (non-hydrogen) atoms. The molecule has 82 valence electrons. The van der Waals surface area contributed by atoms with Gasteiger partial charge in [-0.25, -0.2) is 4.39 Å². The van der Waals surface area contributed by atoms with Crippen LogP contribution in [0.15, 0.2) is 22.7 Å². The van der Waals surface area contributed by atoms with Crippen LogP contribution in [0, 0.1) is 0 Å². The summed E-state index contributed by atoms with van der Waals surface area (Å²) in [7, 11) is 0. The number of halogens is 3. The maximum absolute atomic E-state index is 14.1. The smallest absolute Gasteiger partial charge is 0.128 e. The molecule has 1 aliphatic heterocycles. The lowest BCUT2D eigenvalue weighted by atomic mass is 9.95. The summed E-state index contributed by atoms with van der Waals surface area (Å²) < 4.78 is 15.1. The summed E-state index contributed by atoms with van der Waals surface area (Å²) in [6.45, 7) is 1.18. The van der Waals surface area contributed by atoms with Crippen LogP contribution >= 0.6 is 27.5 Å². The van der Waals surface area contributed by atoms with Crippen molar-refractivity contribution >= 4 is 27.5 Å². The Morgan fingerprint density at radius 1 is 1.53 bits per heavy atom. The van der Waals surface area contributed by atoms with Crippen LogP contribution in [0.4, 0.5) is 4.39 Å². The molecule has 1 heterocycles. The third-order valence-electron chi connectivity index (χ3n) is 2.71.